The second kappa shape index (κ2) is 7.19. The summed E-state index contributed by atoms with van der Waals surface area (Å²) in [4.78, 5) is 18.6. The highest BCUT2D eigenvalue weighted by molar-refractivity contribution is 9.10. The number of aromatic nitrogens is 3. The van der Waals surface area contributed by atoms with Crippen molar-refractivity contribution in [1.82, 2.24) is 19.5 Å². The summed E-state index contributed by atoms with van der Waals surface area (Å²) in [6, 6.07) is 3.98. The van der Waals surface area contributed by atoms with Crippen LogP contribution in [0.25, 0.3) is 5.65 Å². The predicted octanol–water partition coefficient (Wildman–Crippen LogP) is 3.45. The van der Waals surface area contributed by atoms with E-state index in [1.165, 1.54) is 12.8 Å². The van der Waals surface area contributed by atoms with E-state index in [1.54, 1.807) is 10.7 Å². The summed E-state index contributed by atoms with van der Waals surface area (Å²) in [5, 5.41) is 7.85. The van der Waals surface area contributed by atoms with Crippen LogP contribution in [0.4, 0.5) is 10.6 Å². The molecule has 1 saturated heterocycles. The number of ether oxygens (including phenoxy) is 1. The van der Waals surface area contributed by atoms with E-state index in [0.717, 1.165) is 48.3 Å². The van der Waals surface area contributed by atoms with E-state index < -0.39 is 0 Å². The Balaban J connectivity index is 1.37. The van der Waals surface area contributed by atoms with E-state index in [-0.39, 0.29) is 18.2 Å². The van der Waals surface area contributed by atoms with Crippen LogP contribution in [-0.4, -0.2) is 50.8 Å². The minimum atomic E-state index is -0.156. The van der Waals surface area contributed by atoms with Gasteiger partial charge in [-0.3, -0.25) is 0 Å². The molecule has 3 heterocycles. The van der Waals surface area contributed by atoms with E-state index >= 15 is 0 Å². The molecule has 1 N–H and O–H groups in total. The Morgan fingerprint density at radius 1 is 1.28 bits per heavy atom. The van der Waals surface area contributed by atoms with Crippen molar-refractivity contribution < 1.29 is 9.53 Å². The van der Waals surface area contributed by atoms with E-state index in [0.29, 0.717) is 6.54 Å². The molecule has 1 saturated carbocycles. The van der Waals surface area contributed by atoms with E-state index in [1.807, 2.05) is 17.0 Å². The Hall–Kier alpha value is -1.83. The molecule has 1 amide bonds. The van der Waals surface area contributed by atoms with Crippen molar-refractivity contribution in [1.29, 1.82) is 0 Å². The van der Waals surface area contributed by atoms with Gasteiger partial charge >= 0.3 is 6.09 Å². The molecular weight excluding hydrogens is 386 g/mol. The Morgan fingerprint density at radius 3 is 2.96 bits per heavy atom. The minimum absolute atomic E-state index is 0.115. The first-order chi connectivity index (χ1) is 12.2. The zero-order valence-corrected chi connectivity index (χ0v) is 15.6. The van der Waals surface area contributed by atoms with Crippen LogP contribution < -0.4 is 5.32 Å². The molecule has 8 heteroatoms. The summed E-state index contributed by atoms with van der Waals surface area (Å²) >= 11 is 3.43. The van der Waals surface area contributed by atoms with Crippen LogP contribution in [0.15, 0.2) is 22.9 Å². The van der Waals surface area contributed by atoms with Crippen LogP contribution in [0.1, 0.15) is 38.5 Å². The maximum atomic E-state index is 12.4. The first-order valence-electron chi connectivity index (χ1n) is 8.92. The molecule has 7 nitrogen and oxygen atoms in total. The number of likely N-dealkylation sites (tertiary alicyclic amines) is 1. The fourth-order valence-corrected chi connectivity index (χ4v) is 4.03. The number of imidazole rings is 1. The van der Waals surface area contributed by atoms with Crippen molar-refractivity contribution in [2.75, 3.05) is 18.4 Å². The number of carbonyl (C=O) groups is 1. The highest BCUT2D eigenvalue weighted by Crippen LogP contribution is 2.24. The number of rotatable bonds is 4. The molecule has 2 aromatic heterocycles. The smallest absolute Gasteiger partial charge is 0.410 e. The van der Waals surface area contributed by atoms with Crippen molar-refractivity contribution in [3.8, 4) is 0 Å². The second-order valence-corrected chi connectivity index (χ2v) is 7.54. The third-order valence-corrected chi connectivity index (χ3v) is 5.56. The van der Waals surface area contributed by atoms with Gasteiger partial charge in [-0.05, 0) is 66.6 Å². The molecule has 0 spiro atoms. The molecule has 2 aliphatic rings. The van der Waals surface area contributed by atoms with Gasteiger partial charge in [-0.25, -0.2) is 14.3 Å². The number of nitrogens with zero attached hydrogens (tertiary/aromatic N) is 4. The minimum Gasteiger partial charge on any atom is -0.446 e. The van der Waals surface area contributed by atoms with Gasteiger partial charge in [0.05, 0.1) is 12.2 Å². The molecule has 134 valence electrons. The zero-order chi connectivity index (χ0) is 17.2. The fraction of sp³-hybridized carbons (Fsp3) is 0.588. The van der Waals surface area contributed by atoms with Gasteiger partial charge in [0.1, 0.15) is 16.5 Å². The number of amides is 1. The zero-order valence-electron chi connectivity index (χ0n) is 14.0. The number of anilines is 1. The molecule has 0 bridgehead atoms. The van der Waals surface area contributed by atoms with Crippen LogP contribution in [0.5, 0.6) is 0 Å². The predicted molar refractivity (Wildman–Crippen MR) is 97.6 cm³/mol. The average molecular weight is 408 g/mol. The average Bonchev–Trinajstić information content (AvgIpc) is 3.35. The van der Waals surface area contributed by atoms with Crippen molar-refractivity contribution in [3.63, 3.8) is 0 Å². The van der Waals surface area contributed by atoms with Crippen molar-refractivity contribution in [2.24, 2.45) is 0 Å². The molecule has 1 unspecified atom stereocenters. The summed E-state index contributed by atoms with van der Waals surface area (Å²) in [6.07, 6.45) is 8.04. The lowest BCUT2D eigenvalue weighted by molar-refractivity contribution is 0.0633. The summed E-state index contributed by atoms with van der Waals surface area (Å²) in [7, 11) is 0. The van der Waals surface area contributed by atoms with E-state index in [2.05, 4.69) is 31.3 Å². The van der Waals surface area contributed by atoms with Gasteiger partial charge in [-0.15, -0.1) is 5.10 Å². The maximum Gasteiger partial charge on any atom is 0.410 e. The quantitative estimate of drug-likeness (QED) is 0.839. The third-order valence-electron chi connectivity index (χ3n) is 5.02. The van der Waals surface area contributed by atoms with Gasteiger partial charge in [-0.1, -0.05) is 0 Å². The first-order valence-corrected chi connectivity index (χ1v) is 9.71. The third kappa shape index (κ3) is 3.58. The summed E-state index contributed by atoms with van der Waals surface area (Å²) in [5.74, 6) is 0.766. The molecule has 1 aliphatic heterocycles. The summed E-state index contributed by atoms with van der Waals surface area (Å²) in [5.41, 5.74) is 0.792. The van der Waals surface area contributed by atoms with Crippen molar-refractivity contribution in [3.05, 3.63) is 22.9 Å². The summed E-state index contributed by atoms with van der Waals surface area (Å²) in [6.45, 7) is 1.45. The molecule has 1 atom stereocenters. The topological polar surface area (TPSA) is 71.8 Å². The second-order valence-electron chi connectivity index (χ2n) is 6.73. The number of hydrogen-bond donors (Lipinski definition) is 1. The van der Waals surface area contributed by atoms with Gasteiger partial charge in [0.15, 0.2) is 5.65 Å². The Kier molecular flexibility index (Phi) is 4.78. The van der Waals surface area contributed by atoms with Crippen molar-refractivity contribution in [2.45, 2.75) is 50.7 Å². The van der Waals surface area contributed by atoms with Crippen LogP contribution in [0.2, 0.25) is 0 Å². The molecular formula is C17H22BrN5O2. The fourth-order valence-electron chi connectivity index (χ4n) is 3.67. The van der Waals surface area contributed by atoms with E-state index in [9.17, 15) is 4.79 Å². The largest absolute Gasteiger partial charge is 0.446 e. The van der Waals surface area contributed by atoms with Crippen LogP contribution >= 0.6 is 15.9 Å². The lowest BCUT2D eigenvalue weighted by atomic mass is 10.2. The van der Waals surface area contributed by atoms with Gasteiger partial charge in [0.25, 0.3) is 0 Å². The Bertz CT molecular complexity index is 759. The van der Waals surface area contributed by atoms with Gasteiger partial charge < -0.3 is 15.0 Å². The van der Waals surface area contributed by atoms with Crippen LogP contribution in [-0.2, 0) is 4.74 Å². The number of carbonyl (C=O) groups excluding carboxylic acids is 1. The lowest BCUT2D eigenvalue weighted by Crippen LogP contribution is -2.41. The lowest BCUT2D eigenvalue weighted by Gasteiger charge is -2.26. The van der Waals surface area contributed by atoms with Crippen LogP contribution in [0, 0.1) is 0 Å². The van der Waals surface area contributed by atoms with Gasteiger partial charge in [-0.2, -0.15) is 0 Å². The highest BCUT2D eigenvalue weighted by atomic mass is 79.9. The molecule has 4 rings (SSSR count). The van der Waals surface area contributed by atoms with Crippen molar-refractivity contribution >= 4 is 33.5 Å². The molecule has 25 heavy (non-hydrogen) atoms. The Morgan fingerprint density at radius 2 is 2.12 bits per heavy atom. The molecule has 2 fully saturated rings. The highest BCUT2D eigenvalue weighted by Gasteiger charge is 2.31. The number of nitrogens with one attached hydrogen (secondary N) is 1. The van der Waals surface area contributed by atoms with Gasteiger partial charge in [0.2, 0.25) is 0 Å². The monoisotopic (exact) mass is 407 g/mol. The molecule has 0 aromatic carbocycles. The number of hydrogen-bond acceptors (Lipinski definition) is 5. The first kappa shape index (κ1) is 16.6. The number of halogens is 1. The molecule has 0 radical (unpaired) electrons. The standard InChI is InChI=1S/C17H22BrN5O2/c18-14-11-20-16-8-7-15(21-23(14)16)19-10-12-4-3-9-22(12)17(24)25-13-5-1-2-6-13/h7-8,11-13H,1-6,9-10H2,(H,19,21). The summed E-state index contributed by atoms with van der Waals surface area (Å²) < 4.78 is 8.22. The maximum absolute atomic E-state index is 12.4. The normalized spacial score (nSPS) is 21.2. The SMILES string of the molecule is O=C(OC1CCCC1)N1CCCC1CNc1ccc2ncc(Br)n2n1. The Labute approximate surface area is 154 Å². The molecule has 2 aromatic rings. The van der Waals surface area contributed by atoms with Gasteiger partial charge in [0, 0.05) is 13.1 Å². The number of fused-ring (bicyclic) bond motifs is 1. The molecule has 1 aliphatic carbocycles. The van der Waals surface area contributed by atoms with Crippen LogP contribution in [0.3, 0.4) is 0 Å². The van der Waals surface area contributed by atoms with E-state index in [4.69, 9.17) is 4.74 Å².